The predicted molar refractivity (Wildman–Crippen MR) is 75.1 cm³/mol. The number of aromatic nitrogens is 1. The van der Waals surface area contributed by atoms with E-state index in [9.17, 15) is 4.79 Å². The van der Waals surface area contributed by atoms with E-state index in [0.717, 1.165) is 24.3 Å². The molecule has 0 spiro atoms. The average molecular weight is 252 g/mol. The number of carbonyl (C=O) groups excluding carboxylic acids is 1. The van der Waals surface area contributed by atoms with Crippen molar-refractivity contribution in [3.63, 3.8) is 0 Å². The minimum atomic E-state index is 0.190. The highest BCUT2D eigenvalue weighted by molar-refractivity contribution is 5.95. The Labute approximate surface area is 112 Å². The van der Waals surface area contributed by atoms with Gasteiger partial charge >= 0.3 is 0 Å². The van der Waals surface area contributed by atoms with E-state index in [-0.39, 0.29) is 5.91 Å². The molecule has 19 heavy (non-hydrogen) atoms. The Bertz CT molecular complexity index is 580. The number of rotatable bonds is 3. The number of hydrogen-bond donors (Lipinski definition) is 0. The SMILES string of the molecule is O=C(CCc1ccccn1)N1CCc2ccccc21. The summed E-state index contributed by atoms with van der Waals surface area (Å²) in [6.45, 7) is 0.806. The van der Waals surface area contributed by atoms with Gasteiger partial charge in [-0.15, -0.1) is 0 Å². The van der Waals surface area contributed by atoms with Crippen molar-refractivity contribution in [1.82, 2.24) is 4.98 Å². The van der Waals surface area contributed by atoms with Crippen LogP contribution in [0.2, 0.25) is 0 Å². The third-order valence-electron chi connectivity index (χ3n) is 3.51. The number of hydrogen-bond acceptors (Lipinski definition) is 2. The molecule has 1 aliphatic rings. The monoisotopic (exact) mass is 252 g/mol. The molecule has 1 amide bonds. The van der Waals surface area contributed by atoms with Gasteiger partial charge in [0.05, 0.1) is 0 Å². The molecule has 3 rings (SSSR count). The third-order valence-corrected chi connectivity index (χ3v) is 3.51. The van der Waals surface area contributed by atoms with Gasteiger partial charge in [-0.2, -0.15) is 0 Å². The molecule has 0 fully saturated rings. The summed E-state index contributed by atoms with van der Waals surface area (Å²) in [5, 5.41) is 0. The fraction of sp³-hybridized carbons (Fsp3) is 0.250. The lowest BCUT2D eigenvalue weighted by Gasteiger charge is -2.17. The Morgan fingerprint density at radius 1 is 1.16 bits per heavy atom. The van der Waals surface area contributed by atoms with E-state index in [4.69, 9.17) is 0 Å². The van der Waals surface area contributed by atoms with Crippen LogP contribution in [0.4, 0.5) is 5.69 Å². The zero-order chi connectivity index (χ0) is 13.1. The van der Waals surface area contributed by atoms with E-state index in [1.807, 2.05) is 41.3 Å². The minimum absolute atomic E-state index is 0.190. The molecule has 0 aliphatic carbocycles. The topological polar surface area (TPSA) is 33.2 Å². The van der Waals surface area contributed by atoms with Crippen molar-refractivity contribution in [3.8, 4) is 0 Å². The fourth-order valence-electron chi connectivity index (χ4n) is 2.51. The van der Waals surface area contributed by atoms with Crippen LogP contribution in [0.15, 0.2) is 48.7 Å². The van der Waals surface area contributed by atoms with Gasteiger partial charge < -0.3 is 4.90 Å². The molecule has 0 saturated heterocycles. The van der Waals surface area contributed by atoms with Gasteiger partial charge in [0, 0.05) is 30.5 Å². The molecule has 96 valence electrons. The quantitative estimate of drug-likeness (QED) is 0.841. The number of anilines is 1. The number of carbonyl (C=O) groups is 1. The first kappa shape index (κ1) is 11.9. The maximum Gasteiger partial charge on any atom is 0.227 e. The molecule has 1 aliphatic heterocycles. The summed E-state index contributed by atoms with van der Waals surface area (Å²) in [5.41, 5.74) is 3.32. The molecule has 0 unspecified atom stereocenters. The van der Waals surface area contributed by atoms with Crippen LogP contribution in [-0.2, 0) is 17.6 Å². The van der Waals surface area contributed by atoms with E-state index in [1.54, 1.807) is 6.20 Å². The van der Waals surface area contributed by atoms with E-state index in [1.165, 1.54) is 5.56 Å². The van der Waals surface area contributed by atoms with Gasteiger partial charge in [0.1, 0.15) is 0 Å². The van der Waals surface area contributed by atoms with Crippen molar-refractivity contribution < 1.29 is 4.79 Å². The van der Waals surface area contributed by atoms with Crippen LogP contribution in [0.1, 0.15) is 17.7 Å². The first-order valence-electron chi connectivity index (χ1n) is 6.63. The molecular weight excluding hydrogens is 236 g/mol. The number of para-hydroxylation sites is 1. The van der Waals surface area contributed by atoms with Crippen LogP contribution in [-0.4, -0.2) is 17.4 Å². The molecule has 0 N–H and O–H groups in total. The summed E-state index contributed by atoms with van der Waals surface area (Å²) in [4.78, 5) is 18.4. The predicted octanol–water partition coefficient (Wildman–Crippen LogP) is 2.60. The van der Waals surface area contributed by atoms with Gasteiger partial charge in [-0.3, -0.25) is 9.78 Å². The molecule has 2 heterocycles. The number of nitrogens with zero attached hydrogens (tertiary/aromatic N) is 2. The van der Waals surface area contributed by atoms with E-state index in [0.29, 0.717) is 12.8 Å². The van der Waals surface area contributed by atoms with Gasteiger partial charge in [-0.25, -0.2) is 0 Å². The van der Waals surface area contributed by atoms with Crippen molar-refractivity contribution in [1.29, 1.82) is 0 Å². The second kappa shape index (κ2) is 5.22. The Balaban J connectivity index is 1.66. The van der Waals surface area contributed by atoms with Crippen molar-refractivity contribution in [2.45, 2.75) is 19.3 Å². The molecule has 1 aromatic heterocycles. The van der Waals surface area contributed by atoms with Crippen LogP contribution in [0.5, 0.6) is 0 Å². The summed E-state index contributed by atoms with van der Waals surface area (Å²) < 4.78 is 0. The number of benzene rings is 1. The first-order chi connectivity index (χ1) is 9.34. The Kier molecular flexibility index (Phi) is 3.27. The largest absolute Gasteiger partial charge is 0.312 e. The zero-order valence-corrected chi connectivity index (χ0v) is 10.7. The Morgan fingerprint density at radius 2 is 2.00 bits per heavy atom. The second-order valence-electron chi connectivity index (χ2n) is 4.75. The van der Waals surface area contributed by atoms with Crippen LogP contribution < -0.4 is 4.90 Å². The summed E-state index contributed by atoms with van der Waals surface area (Å²) in [6, 6.07) is 14.0. The molecule has 2 aromatic rings. The average Bonchev–Trinajstić information content (AvgIpc) is 2.90. The Morgan fingerprint density at radius 3 is 2.84 bits per heavy atom. The van der Waals surface area contributed by atoms with E-state index < -0.39 is 0 Å². The number of fused-ring (bicyclic) bond motifs is 1. The molecule has 0 saturated carbocycles. The van der Waals surface area contributed by atoms with Gasteiger partial charge in [-0.1, -0.05) is 24.3 Å². The summed E-state index contributed by atoms with van der Waals surface area (Å²) in [6.07, 6.45) is 3.96. The van der Waals surface area contributed by atoms with Crippen molar-refractivity contribution in [2.24, 2.45) is 0 Å². The van der Waals surface area contributed by atoms with Crippen LogP contribution in [0.25, 0.3) is 0 Å². The van der Waals surface area contributed by atoms with Gasteiger partial charge in [-0.05, 0) is 36.6 Å². The third kappa shape index (κ3) is 2.50. The summed E-state index contributed by atoms with van der Waals surface area (Å²) in [7, 11) is 0. The molecule has 3 heteroatoms. The van der Waals surface area contributed by atoms with Gasteiger partial charge in [0.25, 0.3) is 0 Å². The maximum atomic E-state index is 12.3. The lowest BCUT2D eigenvalue weighted by Crippen LogP contribution is -2.29. The smallest absolute Gasteiger partial charge is 0.227 e. The van der Waals surface area contributed by atoms with Crippen LogP contribution >= 0.6 is 0 Å². The van der Waals surface area contributed by atoms with Gasteiger partial charge in [0.15, 0.2) is 0 Å². The number of amides is 1. The molecule has 3 nitrogen and oxygen atoms in total. The van der Waals surface area contributed by atoms with Gasteiger partial charge in [0.2, 0.25) is 5.91 Å². The number of aryl methyl sites for hydroxylation is 1. The molecule has 1 aromatic carbocycles. The fourth-order valence-corrected chi connectivity index (χ4v) is 2.51. The maximum absolute atomic E-state index is 12.3. The van der Waals surface area contributed by atoms with Crippen molar-refractivity contribution >= 4 is 11.6 Å². The first-order valence-corrected chi connectivity index (χ1v) is 6.63. The standard InChI is InChI=1S/C16H16N2O/c19-16(9-8-14-6-3-4-11-17-14)18-12-10-13-5-1-2-7-15(13)18/h1-7,11H,8-10,12H2. The van der Waals surface area contributed by atoms with E-state index >= 15 is 0 Å². The highest BCUT2D eigenvalue weighted by Gasteiger charge is 2.23. The summed E-state index contributed by atoms with van der Waals surface area (Å²) >= 11 is 0. The molecule has 0 atom stereocenters. The highest BCUT2D eigenvalue weighted by Crippen LogP contribution is 2.27. The van der Waals surface area contributed by atoms with Crippen LogP contribution in [0, 0.1) is 0 Å². The van der Waals surface area contributed by atoms with E-state index in [2.05, 4.69) is 11.1 Å². The molecule has 0 radical (unpaired) electrons. The number of pyridine rings is 1. The van der Waals surface area contributed by atoms with Crippen molar-refractivity contribution in [3.05, 3.63) is 59.9 Å². The molecular formula is C16H16N2O. The highest BCUT2D eigenvalue weighted by atomic mass is 16.2. The lowest BCUT2D eigenvalue weighted by molar-refractivity contribution is -0.118. The second-order valence-corrected chi connectivity index (χ2v) is 4.75. The lowest BCUT2D eigenvalue weighted by atomic mass is 10.1. The molecule has 0 bridgehead atoms. The normalized spacial score (nSPS) is 13.4. The van der Waals surface area contributed by atoms with Crippen LogP contribution in [0.3, 0.4) is 0 Å². The zero-order valence-electron chi connectivity index (χ0n) is 10.7. The Hall–Kier alpha value is -2.16. The minimum Gasteiger partial charge on any atom is -0.312 e. The van der Waals surface area contributed by atoms with Crippen molar-refractivity contribution in [2.75, 3.05) is 11.4 Å². The summed E-state index contributed by atoms with van der Waals surface area (Å²) in [5.74, 6) is 0.190.